The smallest absolute Gasteiger partial charge is 0.0104 e. The van der Waals surface area contributed by atoms with Gasteiger partial charge in [0, 0.05) is 5.75 Å². The zero-order chi connectivity index (χ0) is 6.41. The zero-order valence-corrected chi connectivity index (χ0v) is 5.45. The largest absolute Gasteiger partial charge is 0.772 e. The Bertz CT molecular complexity index is 90.4. The summed E-state index contributed by atoms with van der Waals surface area (Å²) in [6.45, 7) is 3.46. The van der Waals surface area contributed by atoms with E-state index in [2.05, 4.69) is 6.58 Å². The predicted octanol–water partition coefficient (Wildman–Crippen LogP) is 0.832. The van der Waals surface area contributed by atoms with Crippen LogP contribution in [0.5, 0.6) is 0 Å². The van der Waals surface area contributed by atoms with Crippen molar-refractivity contribution in [3.05, 3.63) is 12.7 Å². The van der Waals surface area contributed by atoms with Crippen LogP contribution < -0.4 is 0 Å². The van der Waals surface area contributed by atoms with Crippen LogP contribution in [-0.4, -0.2) is 14.5 Å². The van der Waals surface area contributed by atoms with Crippen LogP contribution in [0.2, 0.25) is 0 Å². The highest BCUT2D eigenvalue weighted by molar-refractivity contribution is 7.79. The van der Waals surface area contributed by atoms with E-state index < -0.39 is 11.1 Å². The lowest BCUT2D eigenvalue weighted by atomic mass is 10.3. The Morgan fingerprint density at radius 3 is 2.75 bits per heavy atom. The standard InChI is InChI=1S/C5H10O2S/c1-2-3-4-5-8(6)7/h2H,1,3-5H2,(H,6,7)/p-1. The summed E-state index contributed by atoms with van der Waals surface area (Å²) in [4.78, 5) is 0. The predicted molar refractivity (Wildman–Crippen MR) is 33.2 cm³/mol. The highest BCUT2D eigenvalue weighted by atomic mass is 32.2. The van der Waals surface area contributed by atoms with Gasteiger partial charge in [0.25, 0.3) is 0 Å². The molecule has 0 heterocycles. The molecule has 0 rings (SSSR count). The Kier molecular flexibility index (Phi) is 4.90. The first-order chi connectivity index (χ1) is 3.77. The van der Waals surface area contributed by atoms with Crippen molar-refractivity contribution in [1.29, 1.82) is 0 Å². The van der Waals surface area contributed by atoms with E-state index in [1.165, 1.54) is 0 Å². The maximum atomic E-state index is 9.84. The van der Waals surface area contributed by atoms with Crippen molar-refractivity contribution in [2.45, 2.75) is 12.8 Å². The Balaban J connectivity index is 2.93. The van der Waals surface area contributed by atoms with E-state index in [0.29, 0.717) is 6.42 Å². The van der Waals surface area contributed by atoms with Crippen molar-refractivity contribution in [3.63, 3.8) is 0 Å². The second kappa shape index (κ2) is 5.00. The Morgan fingerprint density at radius 1 is 1.75 bits per heavy atom. The van der Waals surface area contributed by atoms with Crippen molar-refractivity contribution in [1.82, 2.24) is 0 Å². The maximum Gasteiger partial charge on any atom is 0.0104 e. The molecule has 0 aromatic heterocycles. The molecule has 0 aliphatic carbocycles. The van der Waals surface area contributed by atoms with E-state index in [-0.39, 0.29) is 5.75 Å². The molecule has 8 heavy (non-hydrogen) atoms. The van der Waals surface area contributed by atoms with Crippen LogP contribution >= 0.6 is 0 Å². The average molecular weight is 133 g/mol. The number of allylic oxidation sites excluding steroid dienone is 1. The van der Waals surface area contributed by atoms with Gasteiger partial charge in [0.15, 0.2) is 0 Å². The fourth-order valence-corrected chi connectivity index (χ4v) is 0.748. The lowest BCUT2D eigenvalue weighted by Crippen LogP contribution is -1.93. The molecule has 0 saturated carbocycles. The molecule has 0 bridgehead atoms. The van der Waals surface area contributed by atoms with Gasteiger partial charge < -0.3 is 4.55 Å². The second-order valence-corrected chi connectivity index (χ2v) is 2.45. The molecule has 3 heteroatoms. The zero-order valence-electron chi connectivity index (χ0n) is 4.63. The third kappa shape index (κ3) is 5.85. The molecular weight excluding hydrogens is 124 g/mol. The second-order valence-electron chi connectivity index (χ2n) is 1.44. The summed E-state index contributed by atoms with van der Waals surface area (Å²) in [6, 6.07) is 0. The van der Waals surface area contributed by atoms with Gasteiger partial charge in [-0.1, -0.05) is 17.2 Å². The minimum absolute atomic E-state index is 0.256. The third-order valence-corrected chi connectivity index (χ3v) is 1.34. The third-order valence-electron chi connectivity index (χ3n) is 0.719. The van der Waals surface area contributed by atoms with E-state index in [1.54, 1.807) is 6.08 Å². The van der Waals surface area contributed by atoms with Crippen molar-refractivity contribution >= 4 is 11.1 Å². The van der Waals surface area contributed by atoms with Crippen LogP contribution in [0.25, 0.3) is 0 Å². The van der Waals surface area contributed by atoms with Gasteiger partial charge in [-0.25, -0.2) is 0 Å². The summed E-state index contributed by atoms with van der Waals surface area (Å²) < 4.78 is 19.7. The first-order valence-electron chi connectivity index (χ1n) is 2.44. The molecule has 0 spiro atoms. The number of hydrogen-bond donors (Lipinski definition) is 0. The monoisotopic (exact) mass is 133 g/mol. The molecule has 0 aromatic rings. The number of hydrogen-bond acceptors (Lipinski definition) is 2. The lowest BCUT2D eigenvalue weighted by molar-refractivity contribution is 0.535. The molecule has 0 amide bonds. The molecule has 1 atom stereocenters. The topological polar surface area (TPSA) is 40.1 Å². The highest BCUT2D eigenvalue weighted by Gasteiger charge is 1.81. The molecule has 2 nitrogen and oxygen atoms in total. The molecule has 48 valence electrons. The molecule has 0 radical (unpaired) electrons. The Labute approximate surface area is 51.9 Å². The summed E-state index contributed by atoms with van der Waals surface area (Å²) in [6.07, 6.45) is 3.19. The molecule has 0 saturated heterocycles. The van der Waals surface area contributed by atoms with Gasteiger partial charge in [-0.05, 0) is 12.8 Å². The maximum absolute atomic E-state index is 9.84. The Morgan fingerprint density at radius 2 is 2.38 bits per heavy atom. The van der Waals surface area contributed by atoms with Gasteiger partial charge in [-0.15, -0.1) is 6.58 Å². The van der Waals surface area contributed by atoms with Gasteiger partial charge in [0.05, 0.1) is 0 Å². The minimum atomic E-state index is -1.86. The number of unbranched alkanes of at least 4 members (excludes halogenated alkanes) is 1. The summed E-state index contributed by atoms with van der Waals surface area (Å²) in [7, 11) is 0. The normalized spacial score (nSPS) is 13.1. The fourth-order valence-electron chi connectivity index (χ4n) is 0.346. The molecule has 0 aliphatic rings. The Hall–Kier alpha value is -0.150. The van der Waals surface area contributed by atoms with E-state index in [0.717, 1.165) is 6.42 Å². The van der Waals surface area contributed by atoms with Gasteiger partial charge in [-0.2, -0.15) is 0 Å². The lowest BCUT2D eigenvalue weighted by Gasteiger charge is -2.00. The van der Waals surface area contributed by atoms with Gasteiger partial charge >= 0.3 is 0 Å². The SMILES string of the molecule is C=CCCCS(=O)[O-]. The molecule has 1 unspecified atom stereocenters. The molecule has 0 fully saturated rings. The summed E-state index contributed by atoms with van der Waals surface area (Å²) in [5.41, 5.74) is 0. The molecule has 0 N–H and O–H groups in total. The minimum Gasteiger partial charge on any atom is -0.772 e. The van der Waals surface area contributed by atoms with E-state index in [9.17, 15) is 8.76 Å². The van der Waals surface area contributed by atoms with Crippen molar-refractivity contribution in [2.24, 2.45) is 0 Å². The summed E-state index contributed by atoms with van der Waals surface area (Å²) in [5.74, 6) is 0.256. The van der Waals surface area contributed by atoms with Gasteiger partial charge in [0.2, 0.25) is 0 Å². The van der Waals surface area contributed by atoms with Crippen LogP contribution in [0.3, 0.4) is 0 Å². The number of rotatable bonds is 4. The fraction of sp³-hybridized carbons (Fsp3) is 0.600. The van der Waals surface area contributed by atoms with Crippen LogP contribution in [0, 0.1) is 0 Å². The molecular formula is C5H9O2S-. The molecule has 0 aliphatic heterocycles. The van der Waals surface area contributed by atoms with Crippen LogP contribution in [0.15, 0.2) is 12.7 Å². The van der Waals surface area contributed by atoms with E-state index in [4.69, 9.17) is 0 Å². The average Bonchev–Trinajstić information content (AvgIpc) is 1.66. The van der Waals surface area contributed by atoms with Gasteiger partial charge in [0.1, 0.15) is 0 Å². The first-order valence-corrected chi connectivity index (χ1v) is 3.68. The summed E-state index contributed by atoms with van der Waals surface area (Å²) in [5, 5.41) is 0. The van der Waals surface area contributed by atoms with Gasteiger partial charge in [-0.3, -0.25) is 4.21 Å². The summed E-state index contributed by atoms with van der Waals surface area (Å²) >= 11 is -1.86. The van der Waals surface area contributed by atoms with E-state index >= 15 is 0 Å². The molecule has 0 aromatic carbocycles. The van der Waals surface area contributed by atoms with Crippen LogP contribution in [-0.2, 0) is 11.1 Å². The quantitative estimate of drug-likeness (QED) is 0.324. The highest BCUT2D eigenvalue weighted by Crippen LogP contribution is 1.89. The van der Waals surface area contributed by atoms with Crippen molar-refractivity contribution < 1.29 is 8.76 Å². The van der Waals surface area contributed by atoms with Crippen molar-refractivity contribution in [2.75, 3.05) is 5.75 Å². The van der Waals surface area contributed by atoms with Crippen molar-refractivity contribution in [3.8, 4) is 0 Å². The van der Waals surface area contributed by atoms with Crippen LogP contribution in [0.4, 0.5) is 0 Å². The first kappa shape index (κ1) is 7.85. The van der Waals surface area contributed by atoms with Crippen LogP contribution in [0.1, 0.15) is 12.8 Å². The van der Waals surface area contributed by atoms with E-state index in [1.807, 2.05) is 0 Å².